The second kappa shape index (κ2) is 8.71. The number of hydrogen-bond acceptors (Lipinski definition) is 2. The minimum Gasteiger partial charge on any atom is -0.494 e. The van der Waals surface area contributed by atoms with Crippen LogP contribution in [0.2, 0.25) is 5.02 Å². The molecular formula is C25H25ClN2O. The molecule has 0 fully saturated rings. The molecule has 0 N–H and O–H groups in total. The van der Waals surface area contributed by atoms with Gasteiger partial charge in [0.15, 0.2) is 0 Å². The van der Waals surface area contributed by atoms with Crippen molar-refractivity contribution in [1.29, 1.82) is 0 Å². The quantitative estimate of drug-likeness (QED) is 0.335. The molecule has 4 aromatic rings. The highest BCUT2D eigenvalue weighted by molar-refractivity contribution is 6.30. The summed E-state index contributed by atoms with van der Waals surface area (Å²) in [5, 5.41) is 0.755. The fourth-order valence-electron chi connectivity index (χ4n) is 3.72. The Balaban J connectivity index is 1.48. The van der Waals surface area contributed by atoms with Crippen LogP contribution in [0.15, 0.2) is 66.7 Å². The van der Waals surface area contributed by atoms with Crippen LogP contribution in [0.5, 0.6) is 5.75 Å². The van der Waals surface area contributed by atoms with Crippen molar-refractivity contribution in [3.8, 4) is 5.75 Å². The van der Waals surface area contributed by atoms with Crippen LogP contribution >= 0.6 is 11.6 Å². The van der Waals surface area contributed by atoms with Crippen LogP contribution in [0.1, 0.15) is 28.9 Å². The van der Waals surface area contributed by atoms with Gasteiger partial charge in [0.05, 0.1) is 17.6 Å². The number of para-hydroxylation sites is 2. The first-order valence-electron chi connectivity index (χ1n) is 9.98. The monoisotopic (exact) mass is 404 g/mol. The topological polar surface area (TPSA) is 27.1 Å². The Kier molecular flexibility index (Phi) is 5.86. The van der Waals surface area contributed by atoms with Crippen LogP contribution in [-0.2, 0) is 13.0 Å². The predicted octanol–water partition coefficient (Wildman–Crippen LogP) is 6.37. The molecule has 4 heteroatoms. The van der Waals surface area contributed by atoms with E-state index in [4.69, 9.17) is 21.3 Å². The Hall–Kier alpha value is -2.78. The molecule has 1 heterocycles. The van der Waals surface area contributed by atoms with E-state index in [2.05, 4.69) is 66.9 Å². The molecule has 0 aliphatic rings. The maximum atomic E-state index is 6.03. The maximum absolute atomic E-state index is 6.03. The van der Waals surface area contributed by atoms with Gasteiger partial charge < -0.3 is 9.30 Å². The third-order valence-corrected chi connectivity index (χ3v) is 5.25. The number of hydrogen-bond donors (Lipinski definition) is 0. The van der Waals surface area contributed by atoms with E-state index in [0.717, 1.165) is 41.5 Å². The first-order chi connectivity index (χ1) is 14.1. The van der Waals surface area contributed by atoms with Gasteiger partial charge in [-0.15, -0.1) is 0 Å². The maximum Gasteiger partial charge on any atom is 0.119 e. The second-order valence-electron chi connectivity index (χ2n) is 7.50. The standard InChI is InChI=1S/C25H25ClN2O/c1-18-14-19(2)16-22(15-18)29-13-5-12-28-24-7-4-3-6-23(24)27-25(28)17-20-8-10-21(26)11-9-20/h3-4,6-11,14-16H,5,12-13,17H2,1-2H3. The largest absolute Gasteiger partial charge is 0.494 e. The summed E-state index contributed by atoms with van der Waals surface area (Å²) in [6.45, 7) is 5.74. The lowest BCUT2D eigenvalue weighted by atomic mass is 10.1. The first kappa shape index (κ1) is 19.5. The summed E-state index contributed by atoms with van der Waals surface area (Å²) in [6, 6.07) is 22.6. The summed E-state index contributed by atoms with van der Waals surface area (Å²) in [7, 11) is 0. The molecule has 0 bridgehead atoms. The number of aromatic nitrogens is 2. The fraction of sp³-hybridized carbons (Fsp3) is 0.240. The number of halogens is 1. The first-order valence-corrected chi connectivity index (χ1v) is 10.4. The fourth-order valence-corrected chi connectivity index (χ4v) is 3.85. The molecule has 3 nitrogen and oxygen atoms in total. The molecule has 4 rings (SSSR count). The third kappa shape index (κ3) is 4.80. The van der Waals surface area contributed by atoms with Gasteiger partial charge in [-0.1, -0.05) is 41.9 Å². The molecule has 29 heavy (non-hydrogen) atoms. The van der Waals surface area contributed by atoms with Crippen LogP contribution in [-0.4, -0.2) is 16.2 Å². The minimum absolute atomic E-state index is 0.676. The highest BCUT2D eigenvalue weighted by Gasteiger charge is 2.11. The Morgan fingerprint density at radius 2 is 1.66 bits per heavy atom. The van der Waals surface area contributed by atoms with Gasteiger partial charge in [0, 0.05) is 18.0 Å². The molecule has 0 amide bonds. The Morgan fingerprint density at radius 3 is 2.41 bits per heavy atom. The molecule has 0 aliphatic heterocycles. The van der Waals surface area contributed by atoms with E-state index in [-0.39, 0.29) is 0 Å². The van der Waals surface area contributed by atoms with E-state index in [0.29, 0.717) is 6.61 Å². The van der Waals surface area contributed by atoms with Crippen LogP contribution in [0.4, 0.5) is 0 Å². The SMILES string of the molecule is Cc1cc(C)cc(OCCCn2c(Cc3ccc(Cl)cc3)nc3ccccc32)c1. The molecule has 0 aliphatic carbocycles. The summed E-state index contributed by atoms with van der Waals surface area (Å²) in [4.78, 5) is 4.88. The van der Waals surface area contributed by atoms with E-state index >= 15 is 0 Å². The number of nitrogens with zero attached hydrogens (tertiary/aromatic N) is 2. The predicted molar refractivity (Wildman–Crippen MR) is 120 cm³/mol. The number of rotatable bonds is 7. The smallest absolute Gasteiger partial charge is 0.119 e. The van der Waals surface area contributed by atoms with Crippen molar-refractivity contribution < 1.29 is 4.74 Å². The molecule has 0 atom stereocenters. The number of aryl methyl sites for hydroxylation is 3. The second-order valence-corrected chi connectivity index (χ2v) is 7.93. The molecule has 148 valence electrons. The van der Waals surface area contributed by atoms with E-state index < -0.39 is 0 Å². The third-order valence-electron chi connectivity index (χ3n) is 5.00. The zero-order valence-corrected chi connectivity index (χ0v) is 17.6. The van der Waals surface area contributed by atoms with E-state index in [1.54, 1.807) is 0 Å². The van der Waals surface area contributed by atoms with Gasteiger partial charge in [0.2, 0.25) is 0 Å². The van der Waals surface area contributed by atoms with Crippen molar-refractivity contribution in [2.75, 3.05) is 6.61 Å². The van der Waals surface area contributed by atoms with Gasteiger partial charge >= 0.3 is 0 Å². The van der Waals surface area contributed by atoms with Gasteiger partial charge in [-0.3, -0.25) is 0 Å². The zero-order chi connectivity index (χ0) is 20.2. The van der Waals surface area contributed by atoms with Gasteiger partial charge in [0.25, 0.3) is 0 Å². The summed E-state index contributed by atoms with van der Waals surface area (Å²) < 4.78 is 8.32. The molecule has 0 spiro atoms. The zero-order valence-electron chi connectivity index (χ0n) is 16.9. The molecule has 0 saturated carbocycles. The summed E-state index contributed by atoms with van der Waals surface area (Å²) in [6.07, 6.45) is 1.70. The van der Waals surface area contributed by atoms with Gasteiger partial charge in [0.1, 0.15) is 11.6 Å². The van der Waals surface area contributed by atoms with Crippen molar-refractivity contribution in [1.82, 2.24) is 9.55 Å². The molecule has 1 aromatic heterocycles. The minimum atomic E-state index is 0.676. The van der Waals surface area contributed by atoms with E-state index in [1.807, 2.05) is 18.2 Å². The van der Waals surface area contributed by atoms with Crippen molar-refractivity contribution in [3.05, 3.63) is 94.3 Å². The molecular weight excluding hydrogens is 380 g/mol. The Morgan fingerprint density at radius 1 is 0.931 bits per heavy atom. The van der Waals surface area contributed by atoms with Crippen molar-refractivity contribution in [2.24, 2.45) is 0 Å². The highest BCUT2D eigenvalue weighted by atomic mass is 35.5. The van der Waals surface area contributed by atoms with E-state index in [9.17, 15) is 0 Å². The average Bonchev–Trinajstić information content (AvgIpc) is 3.03. The molecule has 0 saturated heterocycles. The Bertz CT molecular complexity index is 1100. The molecule has 0 unspecified atom stereocenters. The lowest BCUT2D eigenvalue weighted by Crippen LogP contribution is -2.08. The average molecular weight is 405 g/mol. The summed E-state index contributed by atoms with van der Waals surface area (Å²) >= 11 is 6.03. The number of imidazole rings is 1. The Labute approximate surface area is 176 Å². The molecule has 0 radical (unpaired) electrons. The normalized spacial score (nSPS) is 11.1. The lowest BCUT2D eigenvalue weighted by Gasteiger charge is -2.11. The van der Waals surface area contributed by atoms with E-state index in [1.165, 1.54) is 22.2 Å². The van der Waals surface area contributed by atoms with Gasteiger partial charge in [-0.2, -0.15) is 0 Å². The van der Waals surface area contributed by atoms with Crippen LogP contribution in [0.3, 0.4) is 0 Å². The van der Waals surface area contributed by atoms with Crippen molar-refractivity contribution in [3.63, 3.8) is 0 Å². The lowest BCUT2D eigenvalue weighted by molar-refractivity contribution is 0.301. The summed E-state index contributed by atoms with van der Waals surface area (Å²) in [5.41, 5.74) is 5.86. The van der Waals surface area contributed by atoms with Crippen molar-refractivity contribution in [2.45, 2.75) is 33.2 Å². The van der Waals surface area contributed by atoms with Crippen LogP contribution in [0.25, 0.3) is 11.0 Å². The van der Waals surface area contributed by atoms with Crippen molar-refractivity contribution >= 4 is 22.6 Å². The van der Waals surface area contributed by atoms with Gasteiger partial charge in [-0.05, 0) is 73.4 Å². The summed E-state index contributed by atoms with van der Waals surface area (Å²) in [5.74, 6) is 2.01. The van der Waals surface area contributed by atoms with Gasteiger partial charge in [-0.25, -0.2) is 4.98 Å². The van der Waals surface area contributed by atoms with Crippen LogP contribution in [0, 0.1) is 13.8 Å². The number of fused-ring (bicyclic) bond motifs is 1. The number of ether oxygens (including phenoxy) is 1. The highest BCUT2D eigenvalue weighted by Crippen LogP contribution is 2.21. The number of benzene rings is 3. The van der Waals surface area contributed by atoms with Crippen LogP contribution < -0.4 is 4.74 Å². The molecule has 3 aromatic carbocycles.